The van der Waals surface area contributed by atoms with Crippen LogP contribution in [0.4, 0.5) is 0 Å². The maximum atomic E-state index is 11.8. The second kappa shape index (κ2) is 11.2. The molecule has 0 bridgehead atoms. The molecule has 1 aliphatic heterocycles. The van der Waals surface area contributed by atoms with Gasteiger partial charge in [0.25, 0.3) is 5.91 Å². The van der Waals surface area contributed by atoms with Gasteiger partial charge in [-0.2, -0.15) is 0 Å². The molecule has 0 fully saturated rings. The number of fused-ring (bicyclic) bond motifs is 1. The average molecular weight is 473 g/mol. The number of nitrogens with one attached hydrogen (secondary N) is 1. The molecule has 0 atom stereocenters. The number of rotatable bonds is 5. The normalized spacial score (nSPS) is 12.2. The lowest BCUT2D eigenvalue weighted by Crippen LogP contribution is -2.25. The highest BCUT2D eigenvalue weighted by Gasteiger charge is 2.16. The van der Waals surface area contributed by atoms with Crippen LogP contribution >= 0.6 is 22.7 Å². The molecule has 168 valence electrons. The number of aliphatic imine (C=N–C) groups is 1. The Balaban J connectivity index is 0.000000157. The molecule has 2 aromatic carbocycles. The van der Waals surface area contributed by atoms with Crippen molar-refractivity contribution in [1.82, 2.24) is 5.32 Å². The molecule has 5 heteroatoms. The minimum absolute atomic E-state index is 0.00144. The first-order chi connectivity index (χ1) is 16.1. The molecule has 0 spiro atoms. The third-order valence-corrected chi connectivity index (χ3v) is 7.40. The number of thiophene rings is 2. The van der Waals surface area contributed by atoms with E-state index in [2.05, 4.69) is 64.4 Å². The number of hydrogen-bond acceptors (Lipinski definition) is 4. The predicted octanol–water partition coefficient (Wildman–Crippen LogP) is 6.48. The van der Waals surface area contributed by atoms with Crippen molar-refractivity contribution in [2.24, 2.45) is 4.99 Å². The van der Waals surface area contributed by atoms with Crippen molar-refractivity contribution < 1.29 is 4.79 Å². The Bertz CT molecular complexity index is 1200. The molecule has 1 amide bonds. The molecule has 1 aliphatic rings. The maximum Gasteiger partial charge on any atom is 0.251 e. The Morgan fingerprint density at radius 1 is 0.909 bits per heavy atom. The molecule has 5 rings (SSSR count). The van der Waals surface area contributed by atoms with Crippen LogP contribution in [0.3, 0.4) is 0 Å². The van der Waals surface area contributed by atoms with Crippen LogP contribution in [0.25, 0.3) is 0 Å². The van der Waals surface area contributed by atoms with E-state index in [1.807, 2.05) is 48.6 Å². The fourth-order valence-electron chi connectivity index (χ4n) is 3.62. The first-order valence-electron chi connectivity index (χ1n) is 11.2. The molecule has 0 unspecified atom stereocenters. The van der Waals surface area contributed by atoms with E-state index in [9.17, 15) is 4.79 Å². The van der Waals surface area contributed by atoms with E-state index in [1.54, 1.807) is 11.3 Å². The lowest BCUT2D eigenvalue weighted by molar-refractivity contribution is 0.0954. The predicted molar refractivity (Wildman–Crippen MR) is 141 cm³/mol. The van der Waals surface area contributed by atoms with Gasteiger partial charge in [-0.1, -0.05) is 53.6 Å². The first-order valence-corrected chi connectivity index (χ1v) is 12.9. The summed E-state index contributed by atoms with van der Waals surface area (Å²) in [5, 5.41) is 7.14. The van der Waals surface area contributed by atoms with Crippen LogP contribution in [-0.4, -0.2) is 24.7 Å². The first kappa shape index (κ1) is 23.1. The van der Waals surface area contributed by atoms with Crippen molar-refractivity contribution in [2.75, 3.05) is 13.1 Å². The minimum Gasteiger partial charge on any atom is -0.352 e. The number of amides is 1. The van der Waals surface area contributed by atoms with Gasteiger partial charge in [-0.05, 0) is 55.3 Å². The summed E-state index contributed by atoms with van der Waals surface area (Å²) < 4.78 is 0. The highest BCUT2D eigenvalue weighted by molar-refractivity contribution is 7.10. The second-order valence-electron chi connectivity index (χ2n) is 8.06. The fraction of sp³-hybridized carbons (Fsp3) is 0.214. The van der Waals surface area contributed by atoms with Crippen LogP contribution in [0.5, 0.6) is 0 Å². The molecule has 3 heterocycles. The Labute approximate surface area is 203 Å². The van der Waals surface area contributed by atoms with Crippen LogP contribution in [0, 0.1) is 13.8 Å². The SMILES string of the molecule is Cc1ccc(C(=O)NCCc2cccs2)cc1.Cc1ccc(C2=NCCc3sccc32)cc1. The molecular weight excluding hydrogens is 444 g/mol. The number of aryl methyl sites for hydroxylation is 2. The summed E-state index contributed by atoms with van der Waals surface area (Å²) in [5.74, 6) is 0.00144. The number of nitrogens with zero attached hydrogens (tertiary/aromatic N) is 1. The summed E-state index contributed by atoms with van der Waals surface area (Å²) in [6, 6.07) is 22.6. The van der Waals surface area contributed by atoms with Crippen LogP contribution < -0.4 is 5.32 Å². The van der Waals surface area contributed by atoms with Gasteiger partial charge >= 0.3 is 0 Å². The summed E-state index contributed by atoms with van der Waals surface area (Å²) >= 11 is 3.57. The van der Waals surface area contributed by atoms with Crippen molar-refractivity contribution in [3.05, 3.63) is 115 Å². The topological polar surface area (TPSA) is 41.5 Å². The maximum absolute atomic E-state index is 11.8. The molecule has 0 saturated heterocycles. The standard InChI is InChI=1S/C14H15NOS.C14H13NS/c1-11-4-6-12(7-5-11)14(16)15-9-8-13-3-2-10-17-13;1-10-2-4-11(5-3-10)14-12-7-9-16-13(12)6-8-15-14/h2-7,10H,8-9H2,1H3,(H,15,16);2-5,7,9H,6,8H2,1H3. The molecule has 0 aliphatic carbocycles. The van der Waals surface area contributed by atoms with Gasteiger partial charge in [-0.15, -0.1) is 22.7 Å². The van der Waals surface area contributed by atoms with Gasteiger partial charge < -0.3 is 5.32 Å². The van der Waals surface area contributed by atoms with E-state index in [0.717, 1.165) is 24.9 Å². The molecule has 0 saturated carbocycles. The molecule has 33 heavy (non-hydrogen) atoms. The Morgan fingerprint density at radius 2 is 1.64 bits per heavy atom. The molecule has 0 radical (unpaired) electrons. The zero-order valence-electron chi connectivity index (χ0n) is 19.0. The summed E-state index contributed by atoms with van der Waals surface area (Å²) in [4.78, 5) is 19.2. The quantitative estimate of drug-likeness (QED) is 0.355. The number of carbonyl (C=O) groups is 1. The van der Waals surface area contributed by atoms with Gasteiger partial charge in [0.15, 0.2) is 0 Å². The zero-order valence-corrected chi connectivity index (χ0v) is 20.6. The smallest absolute Gasteiger partial charge is 0.251 e. The number of benzene rings is 2. The number of hydrogen-bond donors (Lipinski definition) is 1. The van der Waals surface area contributed by atoms with E-state index >= 15 is 0 Å². The van der Waals surface area contributed by atoms with E-state index in [-0.39, 0.29) is 5.91 Å². The van der Waals surface area contributed by atoms with Gasteiger partial charge in [0.1, 0.15) is 0 Å². The molecule has 2 aromatic heterocycles. The van der Waals surface area contributed by atoms with Gasteiger partial charge in [0, 0.05) is 46.0 Å². The van der Waals surface area contributed by atoms with Crippen LogP contribution in [0.1, 0.15) is 42.4 Å². The van der Waals surface area contributed by atoms with Crippen molar-refractivity contribution >= 4 is 34.3 Å². The van der Waals surface area contributed by atoms with Gasteiger partial charge in [0.05, 0.1) is 5.71 Å². The highest BCUT2D eigenvalue weighted by atomic mass is 32.1. The third kappa shape index (κ3) is 6.28. The molecular formula is C28H28N2OS2. The van der Waals surface area contributed by atoms with E-state index in [4.69, 9.17) is 0 Å². The highest BCUT2D eigenvalue weighted by Crippen LogP contribution is 2.25. The van der Waals surface area contributed by atoms with Crippen LogP contribution in [0.15, 0.2) is 82.5 Å². The van der Waals surface area contributed by atoms with Crippen molar-refractivity contribution in [3.8, 4) is 0 Å². The van der Waals surface area contributed by atoms with Crippen molar-refractivity contribution in [2.45, 2.75) is 26.7 Å². The Kier molecular flexibility index (Phi) is 7.87. The lowest BCUT2D eigenvalue weighted by atomic mass is 9.99. The molecule has 1 N–H and O–H groups in total. The number of carbonyl (C=O) groups excluding carboxylic acids is 1. The van der Waals surface area contributed by atoms with E-state index in [0.29, 0.717) is 6.54 Å². The molecule has 4 aromatic rings. The van der Waals surface area contributed by atoms with Crippen molar-refractivity contribution in [1.29, 1.82) is 0 Å². The Morgan fingerprint density at radius 3 is 2.33 bits per heavy atom. The summed E-state index contributed by atoms with van der Waals surface area (Å²) in [6.45, 7) is 5.74. The molecule has 3 nitrogen and oxygen atoms in total. The zero-order chi connectivity index (χ0) is 23.0. The van der Waals surface area contributed by atoms with Gasteiger partial charge in [0.2, 0.25) is 0 Å². The van der Waals surface area contributed by atoms with E-state index < -0.39 is 0 Å². The van der Waals surface area contributed by atoms with Gasteiger partial charge in [-0.25, -0.2) is 0 Å². The van der Waals surface area contributed by atoms with Crippen LogP contribution in [0.2, 0.25) is 0 Å². The van der Waals surface area contributed by atoms with Gasteiger partial charge in [-0.3, -0.25) is 9.79 Å². The third-order valence-electron chi connectivity index (χ3n) is 5.49. The average Bonchev–Trinajstić information content (AvgIpc) is 3.52. The summed E-state index contributed by atoms with van der Waals surface area (Å²) in [5.41, 5.74) is 6.93. The Hall–Kier alpha value is -3.02. The van der Waals surface area contributed by atoms with E-state index in [1.165, 1.54) is 37.7 Å². The largest absolute Gasteiger partial charge is 0.352 e. The summed E-state index contributed by atoms with van der Waals surface area (Å²) in [7, 11) is 0. The lowest BCUT2D eigenvalue weighted by Gasteiger charge is -2.13. The minimum atomic E-state index is 0.00144. The second-order valence-corrected chi connectivity index (χ2v) is 10.1. The van der Waals surface area contributed by atoms with Crippen LogP contribution in [-0.2, 0) is 12.8 Å². The monoisotopic (exact) mass is 472 g/mol. The summed E-state index contributed by atoms with van der Waals surface area (Å²) in [6.07, 6.45) is 2.00. The van der Waals surface area contributed by atoms with Crippen molar-refractivity contribution in [3.63, 3.8) is 0 Å². The fourth-order valence-corrected chi connectivity index (χ4v) is 5.20.